The summed E-state index contributed by atoms with van der Waals surface area (Å²) in [7, 11) is 0. The third kappa shape index (κ3) is 2.32. The summed E-state index contributed by atoms with van der Waals surface area (Å²) in [4.78, 5) is 29.4. The van der Waals surface area contributed by atoms with Crippen LogP contribution in [0.4, 0.5) is 11.5 Å². The minimum atomic E-state index is -0.715. The predicted octanol–water partition coefficient (Wildman–Crippen LogP) is 0.177. The van der Waals surface area contributed by atoms with Crippen molar-refractivity contribution in [3.8, 4) is 0 Å². The molecule has 0 fully saturated rings. The van der Waals surface area contributed by atoms with Crippen molar-refractivity contribution in [3.63, 3.8) is 0 Å². The summed E-state index contributed by atoms with van der Waals surface area (Å²) in [5.41, 5.74) is 4.72. The largest absolute Gasteiger partial charge is 0.382 e. The van der Waals surface area contributed by atoms with E-state index in [1.807, 2.05) is 0 Å². The molecule has 92 valence electrons. The fraction of sp³-hybridized carbons (Fsp3) is 0.100. The molecule has 0 aliphatic carbocycles. The van der Waals surface area contributed by atoms with E-state index < -0.39 is 16.2 Å². The Balaban J connectivity index is 2.35. The van der Waals surface area contributed by atoms with Crippen molar-refractivity contribution in [3.05, 3.63) is 56.9 Å². The minimum Gasteiger partial charge on any atom is -0.382 e. The Morgan fingerprint density at radius 3 is 2.78 bits per heavy atom. The highest BCUT2D eigenvalue weighted by molar-refractivity contribution is 5.26. The number of nitrogens with zero attached hydrogens (tertiary/aromatic N) is 4. The van der Waals surface area contributed by atoms with Gasteiger partial charge in [-0.15, -0.1) is 0 Å². The molecule has 0 saturated carbocycles. The Morgan fingerprint density at radius 2 is 2.17 bits per heavy atom. The van der Waals surface area contributed by atoms with Crippen LogP contribution in [0, 0.1) is 10.1 Å². The summed E-state index contributed by atoms with van der Waals surface area (Å²) < 4.78 is 1.19. The second-order valence-corrected chi connectivity index (χ2v) is 3.52. The number of nitro groups is 1. The van der Waals surface area contributed by atoms with Crippen molar-refractivity contribution in [2.45, 2.75) is 6.54 Å². The van der Waals surface area contributed by atoms with Gasteiger partial charge in [-0.1, -0.05) is 0 Å². The molecule has 18 heavy (non-hydrogen) atoms. The van der Waals surface area contributed by atoms with Crippen molar-refractivity contribution >= 4 is 11.5 Å². The van der Waals surface area contributed by atoms with Crippen LogP contribution in [-0.2, 0) is 6.54 Å². The maximum atomic E-state index is 11.7. The van der Waals surface area contributed by atoms with E-state index in [1.165, 1.54) is 29.2 Å². The monoisotopic (exact) mass is 247 g/mol. The lowest BCUT2D eigenvalue weighted by atomic mass is 10.3. The van der Waals surface area contributed by atoms with Crippen molar-refractivity contribution in [2.24, 2.45) is 0 Å². The van der Waals surface area contributed by atoms with Gasteiger partial charge in [-0.05, 0) is 6.07 Å². The third-order valence-corrected chi connectivity index (χ3v) is 2.25. The summed E-state index contributed by atoms with van der Waals surface area (Å²) in [5, 5.41) is 10.6. The predicted molar refractivity (Wildman–Crippen MR) is 62.9 cm³/mol. The molecule has 0 bridgehead atoms. The summed E-state index contributed by atoms with van der Waals surface area (Å²) in [6.07, 6.45) is 4.23. The maximum absolute atomic E-state index is 11.7. The van der Waals surface area contributed by atoms with Gasteiger partial charge in [0.25, 0.3) is 0 Å². The molecular formula is C10H9N5O3. The van der Waals surface area contributed by atoms with Crippen LogP contribution in [0.5, 0.6) is 0 Å². The first-order chi connectivity index (χ1) is 8.58. The molecule has 2 rings (SSSR count). The van der Waals surface area contributed by atoms with Crippen LogP contribution in [-0.4, -0.2) is 19.5 Å². The van der Waals surface area contributed by atoms with Gasteiger partial charge in [0.15, 0.2) is 0 Å². The Morgan fingerprint density at radius 1 is 1.39 bits per heavy atom. The molecular weight excluding hydrogens is 238 g/mol. The van der Waals surface area contributed by atoms with Crippen LogP contribution in [0.2, 0.25) is 0 Å². The van der Waals surface area contributed by atoms with Gasteiger partial charge in [0.2, 0.25) is 0 Å². The van der Waals surface area contributed by atoms with Gasteiger partial charge in [-0.2, -0.15) is 0 Å². The zero-order chi connectivity index (χ0) is 13.1. The molecule has 0 unspecified atom stereocenters. The summed E-state index contributed by atoms with van der Waals surface area (Å²) in [6.45, 7) is 0.105. The van der Waals surface area contributed by atoms with Crippen molar-refractivity contribution in [1.29, 1.82) is 0 Å². The average molecular weight is 247 g/mol. The number of hydrogen-bond donors (Lipinski definition) is 1. The first-order valence-corrected chi connectivity index (χ1v) is 4.98. The Bertz CT molecular complexity index is 635. The van der Waals surface area contributed by atoms with E-state index in [-0.39, 0.29) is 12.4 Å². The highest BCUT2D eigenvalue weighted by Crippen LogP contribution is 2.04. The lowest BCUT2D eigenvalue weighted by molar-refractivity contribution is -0.386. The van der Waals surface area contributed by atoms with E-state index in [2.05, 4.69) is 9.97 Å². The van der Waals surface area contributed by atoms with Crippen molar-refractivity contribution < 1.29 is 4.92 Å². The smallest absolute Gasteiger partial charge is 0.334 e. The first-order valence-electron chi connectivity index (χ1n) is 4.98. The quantitative estimate of drug-likeness (QED) is 0.610. The summed E-state index contributed by atoms with van der Waals surface area (Å²) >= 11 is 0. The molecule has 2 aromatic rings. The number of nitrogen functional groups attached to an aromatic ring is 1. The fourth-order valence-corrected chi connectivity index (χ4v) is 1.41. The fourth-order valence-electron chi connectivity index (χ4n) is 1.41. The van der Waals surface area contributed by atoms with Crippen LogP contribution in [0.15, 0.2) is 35.5 Å². The molecule has 2 aromatic heterocycles. The van der Waals surface area contributed by atoms with Gasteiger partial charge in [0.05, 0.1) is 29.6 Å². The number of hydrogen-bond acceptors (Lipinski definition) is 6. The van der Waals surface area contributed by atoms with Crippen LogP contribution in [0.25, 0.3) is 0 Å². The second kappa shape index (κ2) is 4.62. The minimum absolute atomic E-state index is 0.105. The molecule has 0 amide bonds. The molecule has 0 spiro atoms. The highest BCUT2D eigenvalue weighted by atomic mass is 16.6. The van der Waals surface area contributed by atoms with Gasteiger partial charge in [-0.25, -0.2) is 4.98 Å². The SMILES string of the molecule is Nc1cnc(Cn2cccc([N+](=O)[O-])c2=O)cn1. The lowest BCUT2D eigenvalue weighted by Gasteiger charge is -2.04. The number of nitrogens with two attached hydrogens (primary N) is 1. The standard InChI is InChI=1S/C10H9N5O3/c11-9-5-12-7(4-13-9)6-14-3-1-2-8(10(14)16)15(17)18/h1-5H,6H2,(H2,11,13). The van der Waals surface area contributed by atoms with Crippen LogP contribution in [0.3, 0.4) is 0 Å². The molecule has 2 heterocycles. The third-order valence-electron chi connectivity index (χ3n) is 2.25. The van der Waals surface area contributed by atoms with E-state index >= 15 is 0 Å². The van der Waals surface area contributed by atoms with E-state index in [9.17, 15) is 14.9 Å². The molecule has 2 N–H and O–H groups in total. The molecule has 0 radical (unpaired) electrons. The van der Waals surface area contributed by atoms with Crippen LogP contribution in [0.1, 0.15) is 5.69 Å². The molecule has 0 aliphatic heterocycles. The van der Waals surface area contributed by atoms with E-state index in [0.717, 1.165) is 6.07 Å². The van der Waals surface area contributed by atoms with Gasteiger partial charge in [-0.3, -0.25) is 19.9 Å². The zero-order valence-corrected chi connectivity index (χ0v) is 9.18. The Labute approximate surface area is 101 Å². The second-order valence-electron chi connectivity index (χ2n) is 3.52. The summed E-state index contributed by atoms with van der Waals surface area (Å²) in [5.74, 6) is 0.269. The van der Waals surface area contributed by atoms with Gasteiger partial charge in [0, 0.05) is 12.3 Å². The van der Waals surface area contributed by atoms with Crippen LogP contribution >= 0.6 is 0 Å². The molecule has 0 atom stereocenters. The maximum Gasteiger partial charge on any atom is 0.334 e. The van der Waals surface area contributed by atoms with Gasteiger partial charge >= 0.3 is 11.2 Å². The van der Waals surface area contributed by atoms with Gasteiger partial charge in [0.1, 0.15) is 5.82 Å². The number of anilines is 1. The van der Waals surface area contributed by atoms with Crippen LogP contribution < -0.4 is 11.3 Å². The average Bonchev–Trinajstić information content (AvgIpc) is 2.34. The van der Waals surface area contributed by atoms with E-state index in [0.29, 0.717) is 5.69 Å². The number of aromatic nitrogens is 3. The Kier molecular flexibility index (Phi) is 3.00. The molecule has 8 heteroatoms. The van der Waals surface area contributed by atoms with Crippen molar-refractivity contribution in [1.82, 2.24) is 14.5 Å². The Hall–Kier alpha value is -2.77. The molecule has 8 nitrogen and oxygen atoms in total. The van der Waals surface area contributed by atoms with Gasteiger partial charge < -0.3 is 10.3 Å². The molecule has 0 aliphatic rings. The summed E-state index contributed by atoms with van der Waals surface area (Å²) in [6, 6.07) is 2.59. The van der Waals surface area contributed by atoms with E-state index in [1.54, 1.807) is 0 Å². The lowest BCUT2D eigenvalue weighted by Crippen LogP contribution is -2.22. The normalized spacial score (nSPS) is 10.2. The van der Waals surface area contributed by atoms with Crippen molar-refractivity contribution in [2.75, 3.05) is 5.73 Å². The first kappa shape index (κ1) is 11.7. The molecule has 0 saturated heterocycles. The zero-order valence-electron chi connectivity index (χ0n) is 9.18. The number of rotatable bonds is 3. The number of pyridine rings is 1. The van der Waals surface area contributed by atoms with E-state index in [4.69, 9.17) is 5.73 Å². The molecule has 0 aromatic carbocycles. The highest BCUT2D eigenvalue weighted by Gasteiger charge is 2.13. The topological polar surface area (TPSA) is 117 Å².